The largest absolute Gasteiger partial charge is 0.462 e. The molecule has 3 rings (SSSR count). The van der Waals surface area contributed by atoms with Crippen molar-refractivity contribution in [3.63, 3.8) is 0 Å². The Labute approximate surface area is 133 Å². The molecule has 2 aromatic rings. The van der Waals surface area contributed by atoms with Gasteiger partial charge in [0.05, 0.1) is 10.0 Å². The Morgan fingerprint density at radius 2 is 2.10 bits per heavy atom. The minimum Gasteiger partial charge on any atom is -0.462 e. The number of hydrogen-bond acceptors (Lipinski definition) is 2. The highest BCUT2D eigenvalue weighted by Gasteiger charge is 2.30. The van der Waals surface area contributed by atoms with Gasteiger partial charge in [0.1, 0.15) is 17.7 Å². The average molecular weight is 339 g/mol. The van der Waals surface area contributed by atoms with Gasteiger partial charge in [-0.05, 0) is 37.4 Å². The zero-order chi connectivity index (χ0) is 13.6. The zero-order valence-corrected chi connectivity index (χ0v) is 13.2. The first-order valence-electron chi connectivity index (χ1n) is 6.35. The molecule has 0 bridgehead atoms. The topological polar surface area (TPSA) is 25.2 Å². The molecule has 1 aliphatic heterocycles. The predicted molar refractivity (Wildman–Crippen MR) is 82.8 cm³/mol. The van der Waals surface area contributed by atoms with Gasteiger partial charge in [0.25, 0.3) is 0 Å². The van der Waals surface area contributed by atoms with E-state index in [0.717, 1.165) is 19.5 Å². The molecule has 0 spiro atoms. The minimum atomic E-state index is -0.376. The van der Waals surface area contributed by atoms with Gasteiger partial charge >= 0.3 is 0 Å². The van der Waals surface area contributed by atoms with Crippen LogP contribution in [-0.2, 0) is 0 Å². The van der Waals surface area contributed by atoms with E-state index in [1.807, 2.05) is 0 Å². The highest BCUT2D eigenvalue weighted by atomic mass is 35.5. The number of nitrogens with one attached hydrogen (secondary N) is 1. The maximum atomic E-state index is 14.4. The van der Waals surface area contributed by atoms with Crippen molar-refractivity contribution in [1.82, 2.24) is 5.32 Å². The van der Waals surface area contributed by atoms with E-state index in [4.69, 9.17) is 27.6 Å². The number of furan rings is 1. The molecule has 1 aromatic carbocycles. The van der Waals surface area contributed by atoms with Crippen LogP contribution in [0, 0.1) is 11.7 Å². The lowest BCUT2D eigenvalue weighted by Gasteiger charge is -2.30. The molecular weight excluding hydrogens is 324 g/mol. The molecule has 6 heteroatoms. The van der Waals surface area contributed by atoms with Gasteiger partial charge in [-0.1, -0.05) is 30.1 Å². The van der Waals surface area contributed by atoms with Crippen LogP contribution >= 0.6 is 35.6 Å². The molecule has 20 heavy (non-hydrogen) atoms. The Balaban J connectivity index is 0.00000147. The highest BCUT2D eigenvalue weighted by molar-refractivity contribution is 6.37. The maximum Gasteiger partial charge on any atom is 0.149 e. The minimum absolute atomic E-state index is 0. The number of halogens is 4. The lowest BCUT2D eigenvalue weighted by atomic mass is 9.81. The van der Waals surface area contributed by atoms with E-state index in [1.54, 1.807) is 0 Å². The van der Waals surface area contributed by atoms with E-state index in [1.165, 1.54) is 12.3 Å². The van der Waals surface area contributed by atoms with Crippen LogP contribution in [0.1, 0.15) is 24.8 Å². The summed E-state index contributed by atoms with van der Waals surface area (Å²) in [7, 11) is 0. The first-order valence-corrected chi connectivity index (χ1v) is 7.10. The smallest absolute Gasteiger partial charge is 0.149 e. The first kappa shape index (κ1) is 15.9. The molecule has 2 nitrogen and oxygen atoms in total. The van der Waals surface area contributed by atoms with Gasteiger partial charge in [-0.3, -0.25) is 0 Å². The molecule has 1 saturated heterocycles. The van der Waals surface area contributed by atoms with Crippen molar-refractivity contribution in [2.24, 2.45) is 5.92 Å². The summed E-state index contributed by atoms with van der Waals surface area (Å²) in [6.45, 7) is 3.84. The lowest BCUT2D eigenvalue weighted by Crippen LogP contribution is -2.34. The number of benzene rings is 1. The van der Waals surface area contributed by atoms with Crippen LogP contribution in [0.15, 0.2) is 16.7 Å². The van der Waals surface area contributed by atoms with Crippen molar-refractivity contribution in [2.45, 2.75) is 19.3 Å². The van der Waals surface area contributed by atoms with Crippen molar-refractivity contribution < 1.29 is 8.81 Å². The van der Waals surface area contributed by atoms with Crippen LogP contribution in [-0.4, -0.2) is 13.1 Å². The second-order valence-electron chi connectivity index (χ2n) is 5.12. The Morgan fingerprint density at radius 1 is 1.35 bits per heavy atom. The molecule has 0 unspecified atom stereocenters. The number of hydrogen-bond donors (Lipinski definition) is 1. The van der Waals surface area contributed by atoms with E-state index in [9.17, 15) is 4.39 Å². The van der Waals surface area contributed by atoms with Crippen LogP contribution in [0.3, 0.4) is 0 Å². The third-order valence-corrected chi connectivity index (χ3v) is 4.47. The highest BCUT2D eigenvalue weighted by Crippen LogP contribution is 2.41. The van der Waals surface area contributed by atoms with Gasteiger partial charge < -0.3 is 9.73 Å². The molecule has 0 saturated carbocycles. The van der Waals surface area contributed by atoms with Gasteiger partial charge in [0.2, 0.25) is 0 Å². The Kier molecular flexibility index (Phi) is 4.85. The van der Waals surface area contributed by atoms with Gasteiger partial charge in [-0.15, -0.1) is 12.4 Å². The summed E-state index contributed by atoms with van der Waals surface area (Å²) in [5.74, 6) is 0.0531. The van der Waals surface area contributed by atoms with E-state index < -0.39 is 0 Å². The van der Waals surface area contributed by atoms with Gasteiger partial charge in [0, 0.05) is 10.9 Å². The summed E-state index contributed by atoms with van der Waals surface area (Å²) >= 11 is 12.1. The molecule has 2 heterocycles. The van der Waals surface area contributed by atoms with Crippen molar-refractivity contribution >= 4 is 46.6 Å². The van der Waals surface area contributed by atoms with Crippen LogP contribution in [0.25, 0.3) is 11.0 Å². The molecule has 1 N–H and O–H groups in total. The fourth-order valence-electron chi connectivity index (χ4n) is 2.88. The Hall–Kier alpha value is -0.480. The fraction of sp³-hybridized carbons (Fsp3) is 0.429. The molecule has 1 aromatic heterocycles. The van der Waals surface area contributed by atoms with E-state index in [0.29, 0.717) is 27.5 Å². The van der Waals surface area contributed by atoms with Crippen LogP contribution in [0.4, 0.5) is 4.39 Å². The Bertz CT molecular complexity index is 628. The van der Waals surface area contributed by atoms with Crippen molar-refractivity contribution in [2.75, 3.05) is 13.1 Å². The van der Waals surface area contributed by atoms with E-state index >= 15 is 0 Å². The van der Waals surface area contributed by atoms with E-state index in [-0.39, 0.29) is 29.2 Å². The van der Waals surface area contributed by atoms with Crippen molar-refractivity contribution in [3.05, 3.63) is 33.8 Å². The summed E-state index contributed by atoms with van der Waals surface area (Å²) < 4.78 is 19.9. The van der Waals surface area contributed by atoms with E-state index in [2.05, 4.69) is 12.2 Å². The summed E-state index contributed by atoms with van der Waals surface area (Å²) in [5, 5.41) is 4.58. The van der Waals surface area contributed by atoms with Crippen molar-refractivity contribution in [1.29, 1.82) is 0 Å². The van der Waals surface area contributed by atoms with Gasteiger partial charge in [0.15, 0.2) is 0 Å². The lowest BCUT2D eigenvalue weighted by molar-refractivity contribution is 0.341. The summed E-state index contributed by atoms with van der Waals surface area (Å²) in [5.41, 5.74) is 1.11. The molecule has 0 radical (unpaired) electrons. The second-order valence-corrected chi connectivity index (χ2v) is 5.94. The van der Waals surface area contributed by atoms with Gasteiger partial charge in [-0.2, -0.15) is 0 Å². The quantitative estimate of drug-likeness (QED) is 0.790. The third kappa shape index (κ3) is 2.52. The predicted octanol–water partition coefficient (Wildman–Crippen LogP) is 5.01. The zero-order valence-electron chi connectivity index (χ0n) is 10.9. The summed E-state index contributed by atoms with van der Waals surface area (Å²) in [4.78, 5) is 0. The summed E-state index contributed by atoms with van der Waals surface area (Å²) in [6, 6.07) is 1.54. The third-order valence-electron chi connectivity index (χ3n) is 3.90. The second kappa shape index (κ2) is 6.10. The number of fused-ring (bicyclic) bond motifs is 1. The molecule has 1 aliphatic rings. The van der Waals surface area contributed by atoms with Crippen LogP contribution in [0.2, 0.25) is 10.0 Å². The number of rotatable bonds is 1. The Morgan fingerprint density at radius 3 is 2.80 bits per heavy atom. The molecule has 0 amide bonds. The van der Waals surface area contributed by atoms with Gasteiger partial charge in [-0.25, -0.2) is 4.39 Å². The monoisotopic (exact) mass is 337 g/mol. The normalized spacial score (nSPS) is 22.8. The SMILES string of the molecule is C[C@H]1CNCC[C@H]1c1c(F)c(Cl)cc2c(Cl)coc12.Cl. The molecule has 1 fully saturated rings. The molecule has 2 atom stereocenters. The van der Waals surface area contributed by atoms with Crippen molar-refractivity contribution in [3.8, 4) is 0 Å². The molecular formula is C14H15Cl3FNO. The standard InChI is InChI=1S/C14H14Cl2FNO.ClH/c1-7-5-18-3-2-8(7)12-13(17)10(15)4-9-11(16)6-19-14(9)12;/h4,6-8,18H,2-3,5H2,1H3;1H/t7-,8+;/m0./s1. The first-order chi connectivity index (χ1) is 9.09. The summed E-state index contributed by atoms with van der Waals surface area (Å²) in [6.07, 6.45) is 2.31. The number of piperidine rings is 1. The van der Waals surface area contributed by atoms with Crippen LogP contribution < -0.4 is 5.32 Å². The van der Waals surface area contributed by atoms with Crippen LogP contribution in [0.5, 0.6) is 0 Å². The molecule has 110 valence electrons. The fourth-order valence-corrected chi connectivity index (χ4v) is 3.28. The maximum absolute atomic E-state index is 14.4. The average Bonchev–Trinajstić information content (AvgIpc) is 2.74. The molecule has 0 aliphatic carbocycles.